The van der Waals surface area contributed by atoms with Crippen LogP contribution in [0.1, 0.15) is 18.9 Å². The third kappa shape index (κ3) is 5.92. The van der Waals surface area contributed by atoms with Gasteiger partial charge in [0.25, 0.3) is 0 Å². The van der Waals surface area contributed by atoms with E-state index in [-0.39, 0.29) is 5.91 Å². The third-order valence-electron chi connectivity index (χ3n) is 4.37. The molecule has 0 spiro atoms. The summed E-state index contributed by atoms with van der Waals surface area (Å²) >= 11 is 11.3. The van der Waals surface area contributed by atoms with E-state index in [1.807, 2.05) is 60.0 Å². The van der Waals surface area contributed by atoms with E-state index in [4.69, 9.17) is 28.6 Å². The Labute approximate surface area is 179 Å². The van der Waals surface area contributed by atoms with Gasteiger partial charge in [-0.2, -0.15) is 5.10 Å². The van der Waals surface area contributed by atoms with Crippen molar-refractivity contribution in [2.75, 3.05) is 13.2 Å². The highest BCUT2D eigenvalue weighted by molar-refractivity contribution is 7.71. The maximum atomic E-state index is 12.2. The first kappa shape index (κ1) is 21.1. The molecule has 0 aliphatic rings. The van der Waals surface area contributed by atoms with E-state index in [0.717, 1.165) is 23.3 Å². The fraction of sp³-hybridized carbons (Fsp3) is 0.286. The van der Waals surface area contributed by atoms with Gasteiger partial charge in [0, 0.05) is 30.1 Å². The lowest BCUT2D eigenvalue weighted by molar-refractivity contribution is -0.121. The van der Waals surface area contributed by atoms with Crippen molar-refractivity contribution in [3.8, 4) is 17.1 Å². The van der Waals surface area contributed by atoms with E-state index < -0.39 is 0 Å². The number of amides is 1. The van der Waals surface area contributed by atoms with Crippen molar-refractivity contribution in [3.05, 3.63) is 63.9 Å². The first-order valence-electron chi connectivity index (χ1n) is 9.46. The topological polar surface area (TPSA) is 71.9 Å². The molecule has 0 unspecified atom stereocenters. The Morgan fingerprint density at radius 2 is 2.07 bits per heavy atom. The summed E-state index contributed by atoms with van der Waals surface area (Å²) < 4.78 is 7.79. The van der Waals surface area contributed by atoms with Crippen LogP contribution in [0.15, 0.2) is 48.5 Å². The highest BCUT2D eigenvalue weighted by Gasteiger charge is 2.11. The van der Waals surface area contributed by atoms with Crippen LogP contribution in [0.5, 0.6) is 5.75 Å². The normalized spacial score (nSPS) is 10.7. The van der Waals surface area contributed by atoms with Gasteiger partial charge in [0.1, 0.15) is 5.75 Å². The molecule has 0 fully saturated rings. The maximum Gasteiger partial charge on any atom is 0.221 e. The van der Waals surface area contributed by atoms with Crippen LogP contribution in [0, 0.1) is 4.77 Å². The summed E-state index contributed by atoms with van der Waals surface area (Å²) in [5, 5.41) is 10.8. The number of aromatic amines is 1. The SMILES string of the molecule is CCOc1ccc(-c2n[nH]c(=S)n2CCC(=O)NCCc2cccc(Cl)c2)cc1. The summed E-state index contributed by atoms with van der Waals surface area (Å²) in [5.41, 5.74) is 2.00. The molecule has 2 N–H and O–H groups in total. The zero-order chi connectivity index (χ0) is 20.6. The van der Waals surface area contributed by atoms with Gasteiger partial charge < -0.3 is 10.1 Å². The lowest BCUT2D eigenvalue weighted by Gasteiger charge is -2.09. The van der Waals surface area contributed by atoms with Crippen LogP contribution >= 0.6 is 23.8 Å². The highest BCUT2D eigenvalue weighted by Crippen LogP contribution is 2.21. The molecule has 152 valence electrons. The van der Waals surface area contributed by atoms with E-state index in [0.29, 0.717) is 41.7 Å². The predicted molar refractivity (Wildman–Crippen MR) is 117 cm³/mol. The Hall–Kier alpha value is -2.64. The summed E-state index contributed by atoms with van der Waals surface area (Å²) in [4.78, 5) is 12.2. The van der Waals surface area contributed by atoms with Gasteiger partial charge in [-0.1, -0.05) is 23.7 Å². The number of aromatic nitrogens is 3. The number of rotatable bonds is 9. The summed E-state index contributed by atoms with van der Waals surface area (Å²) in [7, 11) is 0. The van der Waals surface area contributed by atoms with Crippen molar-refractivity contribution in [1.29, 1.82) is 0 Å². The van der Waals surface area contributed by atoms with Crippen molar-refractivity contribution in [2.24, 2.45) is 0 Å². The summed E-state index contributed by atoms with van der Waals surface area (Å²) in [6, 6.07) is 15.3. The number of ether oxygens (including phenoxy) is 1. The van der Waals surface area contributed by atoms with Crippen molar-refractivity contribution >= 4 is 29.7 Å². The van der Waals surface area contributed by atoms with Crippen molar-refractivity contribution in [1.82, 2.24) is 20.1 Å². The number of nitrogens with one attached hydrogen (secondary N) is 2. The predicted octanol–water partition coefficient (Wildman–Crippen LogP) is 4.41. The van der Waals surface area contributed by atoms with E-state index in [1.54, 1.807) is 0 Å². The average molecular weight is 431 g/mol. The average Bonchev–Trinajstić information content (AvgIpc) is 3.08. The molecular formula is C21H23ClN4O2S. The fourth-order valence-corrected chi connectivity index (χ4v) is 3.39. The van der Waals surface area contributed by atoms with E-state index in [9.17, 15) is 4.79 Å². The number of nitrogens with zero attached hydrogens (tertiary/aromatic N) is 2. The molecule has 29 heavy (non-hydrogen) atoms. The van der Waals surface area contributed by atoms with Crippen LogP contribution < -0.4 is 10.1 Å². The van der Waals surface area contributed by atoms with Crippen molar-refractivity contribution in [2.45, 2.75) is 26.3 Å². The number of benzene rings is 2. The van der Waals surface area contributed by atoms with Gasteiger partial charge in [-0.25, -0.2) is 0 Å². The van der Waals surface area contributed by atoms with Gasteiger partial charge >= 0.3 is 0 Å². The molecule has 0 bridgehead atoms. The van der Waals surface area contributed by atoms with Crippen LogP contribution in [0.4, 0.5) is 0 Å². The largest absolute Gasteiger partial charge is 0.494 e. The molecule has 2 aromatic carbocycles. The molecule has 6 nitrogen and oxygen atoms in total. The minimum atomic E-state index is -0.0345. The minimum absolute atomic E-state index is 0.0345. The van der Waals surface area contributed by atoms with E-state index in [2.05, 4.69) is 15.5 Å². The van der Waals surface area contributed by atoms with Crippen LogP contribution in [0.2, 0.25) is 5.02 Å². The second-order valence-electron chi connectivity index (χ2n) is 6.44. The monoisotopic (exact) mass is 430 g/mol. The molecule has 0 radical (unpaired) electrons. The Bertz CT molecular complexity index is 1010. The molecule has 3 aromatic rings. The Morgan fingerprint density at radius 1 is 1.28 bits per heavy atom. The van der Waals surface area contributed by atoms with E-state index >= 15 is 0 Å². The highest BCUT2D eigenvalue weighted by atomic mass is 35.5. The minimum Gasteiger partial charge on any atom is -0.494 e. The summed E-state index contributed by atoms with van der Waals surface area (Å²) in [6.45, 7) is 3.56. The molecule has 1 aromatic heterocycles. The van der Waals surface area contributed by atoms with Crippen LogP contribution in [-0.2, 0) is 17.8 Å². The zero-order valence-corrected chi connectivity index (χ0v) is 17.7. The molecule has 3 rings (SSSR count). The molecule has 1 heterocycles. The Balaban J connectivity index is 1.55. The Kier molecular flexibility index (Phi) is 7.43. The molecule has 0 aliphatic heterocycles. The number of carbonyl (C=O) groups excluding carboxylic acids is 1. The molecular weight excluding hydrogens is 408 g/mol. The zero-order valence-electron chi connectivity index (χ0n) is 16.2. The third-order valence-corrected chi connectivity index (χ3v) is 4.92. The number of carbonyl (C=O) groups is 1. The quantitative estimate of drug-likeness (QED) is 0.493. The second-order valence-corrected chi connectivity index (χ2v) is 7.26. The van der Waals surface area contributed by atoms with Crippen molar-refractivity contribution < 1.29 is 9.53 Å². The smallest absolute Gasteiger partial charge is 0.221 e. The van der Waals surface area contributed by atoms with Gasteiger partial charge in [0.2, 0.25) is 5.91 Å². The van der Waals surface area contributed by atoms with Crippen LogP contribution in [0.3, 0.4) is 0 Å². The Morgan fingerprint density at radius 3 is 2.79 bits per heavy atom. The first-order chi connectivity index (χ1) is 14.1. The van der Waals surface area contributed by atoms with Gasteiger partial charge in [0.15, 0.2) is 10.6 Å². The van der Waals surface area contributed by atoms with E-state index in [1.165, 1.54) is 0 Å². The number of H-pyrrole nitrogens is 1. The van der Waals surface area contributed by atoms with Gasteiger partial charge in [-0.3, -0.25) is 14.5 Å². The molecule has 1 amide bonds. The molecule has 8 heteroatoms. The van der Waals surface area contributed by atoms with Gasteiger partial charge in [-0.05, 0) is 67.5 Å². The standard InChI is InChI=1S/C21H23ClN4O2S/c1-2-28-18-8-6-16(7-9-18)20-24-25-21(29)26(20)13-11-19(27)23-12-10-15-4-3-5-17(22)14-15/h3-9,14H,2,10-13H2,1H3,(H,23,27)(H,25,29). The van der Waals surface area contributed by atoms with Gasteiger partial charge in [0.05, 0.1) is 6.61 Å². The molecule has 0 aliphatic carbocycles. The summed E-state index contributed by atoms with van der Waals surface area (Å²) in [5.74, 6) is 1.47. The molecule has 0 atom stereocenters. The summed E-state index contributed by atoms with van der Waals surface area (Å²) in [6.07, 6.45) is 1.04. The molecule has 0 saturated carbocycles. The number of halogens is 1. The lowest BCUT2D eigenvalue weighted by Crippen LogP contribution is -2.26. The van der Waals surface area contributed by atoms with Crippen molar-refractivity contribution in [3.63, 3.8) is 0 Å². The number of hydrogen-bond donors (Lipinski definition) is 2. The fourth-order valence-electron chi connectivity index (χ4n) is 2.95. The number of hydrogen-bond acceptors (Lipinski definition) is 4. The first-order valence-corrected chi connectivity index (χ1v) is 10.2. The van der Waals surface area contributed by atoms with Crippen LogP contribution in [0.25, 0.3) is 11.4 Å². The lowest BCUT2D eigenvalue weighted by atomic mass is 10.1. The van der Waals surface area contributed by atoms with Gasteiger partial charge in [-0.15, -0.1) is 0 Å². The van der Waals surface area contributed by atoms with Crippen LogP contribution in [-0.4, -0.2) is 33.8 Å². The second kappa shape index (κ2) is 10.2. The maximum absolute atomic E-state index is 12.2. The molecule has 0 saturated heterocycles.